The average molecular weight is 558 g/mol. The molecule has 0 radical (unpaired) electrons. The van der Waals surface area contributed by atoms with Gasteiger partial charge in [-0.15, -0.1) is 0 Å². The van der Waals surface area contributed by atoms with Crippen LogP contribution in [0, 0.1) is 5.82 Å². The molecule has 0 spiro atoms. The van der Waals surface area contributed by atoms with Crippen LogP contribution >= 0.6 is 0 Å². The van der Waals surface area contributed by atoms with E-state index in [0.29, 0.717) is 44.0 Å². The van der Waals surface area contributed by atoms with E-state index in [1.807, 2.05) is 17.9 Å². The lowest BCUT2D eigenvalue weighted by molar-refractivity contribution is -0.204. The summed E-state index contributed by atoms with van der Waals surface area (Å²) in [5.41, 5.74) is 2.88. The zero-order valence-corrected chi connectivity index (χ0v) is 23.4. The maximum absolute atomic E-state index is 14.3. The lowest BCUT2D eigenvalue weighted by Gasteiger charge is -2.38. The number of aliphatic carboxylic acids is 1. The summed E-state index contributed by atoms with van der Waals surface area (Å²) in [6.45, 7) is 5.71. The number of carbonyl (C=O) groups is 1. The van der Waals surface area contributed by atoms with Crippen LogP contribution in [0.25, 0.3) is 0 Å². The summed E-state index contributed by atoms with van der Waals surface area (Å²) in [7, 11) is 1.70. The highest BCUT2D eigenvalue weighted by Gasteiger charge is 2.37. The van der Waals surface area contributed by atoms with E-state index in [4.69, 9.17) is 23.9 Å². The Kier molecular flexibility index (Phi) is 9.20. The number of pyridine rings is 1. The minimum Gasteiger partial charge on any atom is -0.496 e. The quantitative estimate of drug-likeness (QED) is 0.352. The van der Waals surface area contributed by atoms with Crippen molar-refractivity contribution in [2.24, 2.45) is 0 Å². The van der Waals surface area contributed by atoms with Crippen molar-refractivity contribution in [3.63, 3.8) is 0 Å². The third kappa shape index (κ3) is 6.74. The number of rotatable bonds is 13. The molecule has 0 bridgehead atoms. The number of hydrogen-bond acceptors (Lipinski definition) is 8. The van der Waals surface area contributed by atoms with Crippen molar-refractivity contribution >= 4 is 11.8 Å². The van der Waals surface area contributed by atoms with Crippen molar-refractivity contribution in [1.82, 2.24) is 9.88 Å². The Labute approximate surface area is 235 Å². The first-order chi connectivity index (χ1) is 19.3. The zero-order chi connectivity index (χ0) is 28.1. The molecule has 218 valence electrons. The smallest absolute Gasteiger partial charge is 0.325 e. The lowest BCUT2D eigenvalue weighted by Crippen LogP contribution is -2.49. The van der Waals surface area contributed by atoms with Gasteiger partial charge in [0, 0.05) is 43.6 Å². The van der Waals surface area contributed by atoms with Gasteiger partial charge in [0.15, 0.2) is 0 Å². The SMILES string of the molecule is COc1cc(CCCCOC2CCN(C(C(=O)O)c3cc(F)ccc3COC3(C)COC3)C2)nc2c1CCCN2. The molecule has 10 heteroatoms. The molecule has 2 fully saturated rings. The van der Waals surface area contributed by atoms with Crippen LogP contribution < -0.4 is 10.1 Å². The summed E-state index contributed by atoms with van der Waals surface area (Å²) in [6, 6.07) is 5.37. The van der Waals surface area contributed by atoms with E-state index < -0.39 is 23.4 Å². The van der Waals surface area contributed by atoms with E-state index >= 15 is 0 Å². The summed E-state index contributed by atoms with van der Waals surface area (Å²) < 4.78 is 37.2. The summed E-state index contributed by atoms with van der Waals surface area (Å²) in [5, 5.41) is 13.5. The standard InChI is InChI=1S/C30H40FN3O6/c1-30(18-38-19-30)40-17-20-8-9-21(31)14-25(20)27(29(35)36)34-12-10-23(16-34)39-13-4-3-6-22-15-26(37-2)24-7-5-11-32-28(24)33-22/h8-9,14-15,23,27H,3-7,10-13,16-19H2,1-2H3,(H,32,33)(H,35,36). The number of aryl methyl sites for hydroxylation is 1. The number of hydrogen-bond donors (Lipinski definition) is 2. The van der Waals surface area contributed by atoms with Gasteiger partial charge in [0.2, 0.25) is 0 Å². The summed E-state index contributed by atoms with van der Waals surface area (Å²) in [6.07, 6.45) is 5.38. The molecule has 0 amide bonds. The molecular weight excluding hydrogens is 517 g/mol. The first kappa shape index (κ1) is 28.7. The molecule has 2 atom stereocenters. The highest BCUT2D eigenvalue weighted by Crippen LogP contribution is 2.33. The molecule has 2 aromatic rings. The van der Waals surface area contributed by atoms with Crippen molar-refractivity contribution < 1.29 is 33.2 Å². The molecule has 0 saturated carbocycles. The number of ether oxygens (including phenoxy) is 4. The van der Waals surface area contributed by atoms with Gasteiger partial charge in [-0.25, -0.2) is 9.37 Å². The Morgan fingerprint density at radius 2 is 2.17 bits per heavy atom. The normalized spacial score (nSPS) is 20.8. The van der Waals surface area contributed by atoms with Crippen LogP contribution in [0.1, 0.15) is 61.0 Å². The molecule has 9 nitrogen and oxygen atoms in total. The van der Waals surface area contributed by atoms with E-state index in [9.17, 15) is 14.3 Å². The van der Waals surface area contributed by atoms with Crippen molar-refractivity contribution in [2.45, 2.75) is 69.8 Å². The average Bonchev–Trinajstić information content (AvgIpc) is 3.39. The number of carboxylic acids is 1. The molecule has 0 aliphatic carbocycles. The molecule has 2 unspecified atom stereocenters. The van der Waals surface area contributed by atoms with Gasteiger partial charge in [-0.1, -0.05) is 6.07 Å². The number of carboxylic acid groups (broad SMARTS) is 1. The second kappa shape index (κ2) is 12.8. The van der Waals surface area contributed by atoms with Gasteiger partial charge in [-0.05, 0) is 68.7 Å². The van der Waals surface area contributed by atoms with Crippen LogP contribution in [-0.2, 0) is 38.5 Å². The number of anilines is 1. The van der Waals surface area contributed by atoms with Crippen LogP contribution in [0.15, 0.2) is 24.3 Å². The minimum atomic E-state index is -1.01. The highest BCUT2D eigenvalue weighted by atomic mass is 19.1. The fourth-order valence-corrected chi connectivity index (χ4v) is 5.71. The first-order valence-electron chi connectivity index (χ1n) is 14.2. The first-order valence-corrected chi connectivity index (χ1v) is 14.2. The predicted molar refractivity (Wildman–Crippen MR) is 147 cm³/mol. The Morgan fingerprint density at radius 1 is 1.32 bits per heavy atom. The van der Waals surface area contributed by atoms with E-state index in [2.05, 4.69) is 5.32 Å². The minimum absolute atomic E-state index is 0.0627. The van der Waals surface area contributed by atoms with Gasteiger partial charge in [0.05, 0.1) is 33.0 Å². The van der Waals surface area contributed by atoms with Crippen LogP contribution in [0.5, 0.6) is 5.75 Å². The molecule has 3 aliphatic heterocycles. The van der Waals surface area contributed by atoms with Gasteiger partial charge < -0.3 is 29.4 Å². The summed E-state index contributed by atoms with van der Waals surface area (Å²) in [5.74, 6) is 0.377. The number of likely N-dealkylation sites (tertiary alicyclic amines) is 1. The van der Waals surface area contributed by atoms with Crippen LogP contribution in [0.3, 0.4) is 0 Å². The van der Waals surface area contributed by atoms with Gasteiger partial charge in [0.1, 0.15) is 29.0 Å². The van der Waals surface area contributed by atoms with E-state index in [1.54, 1.807) is 13.2 Å². The lowest BCUT2D eigenvalue weighted by atomic mass is 9.98. The molecular formula is C30H40FN3O6. The maximum atomic E-state index is 14.3. The fourth-order valence-electron chi connectivity index (χ4n) is 5.71. The number of methoxy groups -OCH3 is 1. The largest absolute Gasteiger partial charge is 0.496 e. The number of halogens is 1. The highest BCUT2D eigenvalue weighted by molar-refractivity contribution is 5.76. The van der Waals surface area contributed by atoms with Gasteiger partial charge in [0.25, 0.3) is 0 Å². The van der Waals surface area contributed by atoms with E-state index in [-0.39, 0.29) is 12.7 Å². The summed E-state index contributed by atoms with van der Waals surface area (Å²) >= 11 is 0. The van der Waals surface area contributed by atoms with Gasteiger partial charge in [-0.2, -0.15) is 0 Å². The monoisotopic (exact) mass is 557 g/mol. The number of nitrogens with zero attached hydrogens (tertiary/aromatic N) is 2. The predicted octanol–water partition coefficient (Wildman–Crippen LogP) is 4.13. The van der Waals surface area contributed by atoms with E-state index in [0.717, 1.165) is 67.9 Å². The number of aromatic nitrogens is 1. The second-order valence-electron chi connectivity index (χ2n) is 11.2. The fraction of sp³-hybridized carbons (Fsp3) is 0.600. The molecule has 40 heavy (non-hydrogen) atoms. The molecule has 1 aromatic heterocycles. The van der Waals surface area contributed by atoms with Crippen molar-refractivity contribution in [3.8, 4) is 5.75 Å². The number of benzene rings is 1. The van der Waals surface area contributed by atoms with Crippen molar-refractivity contribution in [3.05, 3.63) is 52.5 Å². The molecule has 1 aromatic carbocycles. The van der Waals surface area contributed by atoms with Crippen LogP contribution in [0.4, 0.5) is 10.2 Å². The Morgan fingerprint density at radius 3 is 2.92 bits per heavy atom. The zero-order valence-electron chi connectivity index (χ0n) is 23.4. The van der Waals surface area contributed by atoms with Gasteiger partial charge in [-0.3, -0.25) is 9.69 Å². The molecule has 4 heterocycles. The topological polar surface area (TPSA) is 102 Å². The Hall–Kier alpha value is -2.79. The van der Waals surface area contributed by atoms with E-state index in [1.165, 1.54) is 12.1 Å². The maximum Gasteiger partial charge on any atom is 0.325 e. The van der Waals surface area contributed by atoms with Gasteiger partial charge >= 0.3 is 5.97 Å². The summed E-state index contributed by atoms with van der Waals surface area (Å²) in [4.78, 5) is 19.1. The molecule has 2 saturated heterocycles. The number of unbranched alkanes of at least 4 members (excludes halogenated alkanes) is 1. The van der Waals surface area contributed by atoms with Crippen molar-refractivity contribution in [1.29, 1.82) is 0 Å². The van der Waals surface area contributed by atoms with Crippen LogP contribution in [-0.4, -0.2) is 79.2 Å². The Balaban J connectivity index is 1.12. The third-order valence-corrected chi connectivity index (χ3v) is 8.00. The molecule has 2 N–H and O–H groups in total. The number of nitrogens with one attached hydrogen (secondary N) is 1. The van der Waals surface area contributed by atoms with Crippen molar-refractivity contribution in [2.75, 3.05) is 51.9 Å². The van der Waals surface area contributed by atoms with Crippen LogP contribution in [0.2, 0.25) is 0 Å². The molecule has 5 rings (SSSR count). The molecule has 3 aliphatic rings. The Bertz CT molecular complexity index is 1170. The second-order valence-corrected chi connectivity index (χ2v) is 11.2. The third-order valence-electron chi connectivity index (χ3n) is 8.00. The number of fused-ring (bicyclic) bond motifs is 1.